The lowest BCUT2D eigenvalue weighted by atomic mass is 10.1. The molecule has 0 aromatic heterocycles. The molecule has 4 heteroatoms. The summed E-state index contributed by atoms with van der Waals surface area (Å²) in [4.78, 5) is 11.2. The summed E-state index contributed by atoms with van der Waals surface area (Å²) in [6.45, 7) is 5.51. The molecule has 0 bridgehead atoms. The molecule has 2 rings (SSSR count). The molecule has 0 aliphatic rings. The number of ether oxygens (including phenoxy) is 1. The zero-order chi connectivity index (χ0) is 15.9. The van der Waals surface area contributed by atoms with E-state index in [2.05, 4.69) is 19.2 Å². The van der Waals surface area contributed by atoms with E-state index in [1.54, 1.807) is 12.1 Å². The summed E-state index contributed by atoms with van der Waals surface area (Å²) in [5, 5.41) is 3.34. The lowest BCUT2D eigenvalue weighted by Crippen LogP contribution is -2.11. The smallest absolute Gasteiger partial charge is 0.248 e. The number of para-hydroxylation sites is 2. The second-order valence-corrected chi connectivity index (χ2v) is 5.62. The van der Waals surface area contributed by atoms with Crippen molar-refractivity contribution < 1.29 is 9.53 Å². The zero-order valence-electron chi connectivity index (χ0n) is 13.0. The maximum Gasteiger partial charge on any atom is 0.248 e. The molecule has 0 saturated carbocycles. The largest absolute Gasteiger partial charge is 0.491 e. The molecule has 0 atom stereocenters. The normalized spacial score (nSPS) is 10.5. The van der Waals surface area contributed by atoms with Crippen molar-refractivity contribution in [2.45, 2.75) is 20.4 Å². The van der Waals surface area contributed by atoms with E-state index in [1.165, 1.54) is 0 Å². The van der Waals surface area contributed by atoms with Gasteiger partial charge in [0.15, 0.2) is 0 Å². The Balaban J connectivity index is 2.05. The number of hydrogen-bond acceptors (Lipinski definition) is 3. The lowest BCUT2D eigenvalue weighted by molar-refractivity contribution is 0.1000. The molecule has 0 aliphatic heterocycles. The van der Waals surface area contributed by atoms with E-state index in [9.17, 15) is 4.79 Å². The van der Waals surface area contributed by atoms with E-state index in [0.29, 0.717) is 24.6 Å². The third-order valence-electron chi connectivity index (χ3n) is 3.15. The standard InChI is InChI=1S/C18H22N2O2/c1-13(2)12-22-17-9-4-3-8-16(17)20-11-14-6-5-7-15(10-14)18(19)21/h3-10,13,20H,11-12H2,1-2H3,(H2,19,21). The average Bonchev–Trinajstić information content (AvgIpc) is 2.52. The first-order valence-corrected chi connectivity index (χ1v) is 7.40. The molecule has 0 unspecified atom stereocenters. The van der Waals surface area contributed by atoms with Gasteiger partial charge >= 0.3 is 0 Å². The highest BCUT2D eigenvalue weighted by atomic mass is 16.5. The molecule has 0 spiro atoms. The van der Waals surface area contributed by atoms with E-state index in [0.717, 1.165) is 17.0 Å². The maximum absolute atomic E-state index is 11.2. The van der Waals surface area contributed by atoms with Gasteiger partial charge in [-0.2, -0.15) is 0 Å². The molecule has 0 saturated heterocycles. The number of nitrogens with one attached hydrogen (secondary N) is 1. The molecule has 0 aliphatic carbocycles. The number of carbonyl (C=O) groups excluding carboxylic acids is 1. The monoisotopic (exact) mass is 298 g/mol. The number of carbonyl (C=O) groups is 1. The Kier molecular flexibility index (Phi) is 5.42. The number of amides is 1. The fraction of sp³-hybridized carbons (Fsp3) is 0.278. The molecule has 0 fully saturated rings. The third kappa shape index (κ3) is 4.52. The molecule has 0 radical (unpaired) electrons. The van der Waals surface area contributed by atoms with Crippen molar-refractivity contribution in [3.63, 3.8) is 0 Å². The van der Waals surface area contributed by atoms with Crippen LogP contribution in [0.3, 0.4) is 0 Å². The molecular weight excluding hydrogens is 276 g/mol. The van der Waals surface area contributed by atoms with Gasteiger partial charge in [0.1, 0.15) is 5.75 Å². The minimum absolute atomic E-state index is 0.414. The van der Waals surface area contributed by atoms with Crippen LogP contribution < -0.4 is 15.8 Å². The molecule has 1 amide bonds. The number of anilines is 1. The van der Waals surface area contributed by atoms with Crippen molar-refractivity contribution in [3.8, 4) is 5.75 Å². The maximum atomic E-state index is 11.2. The molecule has 4 nitrogen and oxygen atoms in total. The molecule has 2 aromatic rings. The first-order valence-electron chi connectivity index (χ1n) is 7.40. The molecule has 0 heterocycles. The molecule has 3 N–H and O–H groups in total. The predicted molar refractivity (Wildman–Crippen MR) is 89.1 cm³/mol. The van der Waals surface area contributed by atoms with Crippen LogP contribution in [0.5, 0.6) is 5.75 Å². The van der Waals surface area contributed by atoms with Crippen LogP contribution in [0.4, 0.5) is 5.69 Å². The van der Waals surface area contributed by atoms with Crippen molar-refractivity contribution >= 4 is 11.6 Å². The number of rotatable bonds is 7. The van der Waals surface area contributed by atoms with Crippen LogP contribution in [0, 0.1) is 5.92 Å². The van der Waals surface area contributed by atoms with Gasteiger partial charge in [-0.05, 0) is 35.7 Å². The minimum Gasteiger partial charge on any atom is -0.491 e. The van der Waals surface area contributed by atoms with Crippen LogP contribution in [0.25, 0.3) is 0 Å². The van der Waals surface area contributed by atoms with Gasteiger partial charge in [0, 0.05) is 12.1 Å². The van der Waals surface area contributed by atoms with Crippen LogP contribution in [-0.2, 0) is 6.54 Å². The Morgan fingerprint density at radius 1 is 1.18 bits per heavy atom. The summed E-state index contributed by atoms with van der Waals surface area (Å²) < 4.78 is 5.81. The quantitative estimate of drug-likeness (QED) is 0.823. The van der Waals surface area contributed by atoms with Crippen molar-refractivity contribution in [1.29, 1.82) is 0 Å². The highest BCUT2D eigenvalue weighted by Gasteiger charge is 2.05. The Hall–Kier alpha value is -2.49. The summed E-state index contributed by atoms with van der Waals surface area (Å²) in [6.07, 6.45) is 0. The van der Waals surface area contributed by atoms with Crippen LogP contribution in [0.2, 0.25) is 0 Å². The van der Waals surface area contributed by atoms with Crippen LogP contribution in [-0.4, -0.2) is 12.5 Å². The van der Waals surface area contributed by atoms with E-state index in [-0.39, 0.29) is 0 Å². The van der Waals surface area contributed by atoms with Gasteiger partial charge < -0.3 is 15.8 Å². The van der Waals surface area contributed by atoms with E-state index in [1.807, 2.05) is 36.4 Å². The van der Waals surface area contributed by atoms with Crippen molar-refractivity contribution in [2.24, 2.45) is 11.7 Å². The Labute approximate surface area is 131 Å². The number of primary amides is 1. The van der Waals surface area contributed by atoms with Gasteiger partial charge in [-0.1, -0.05) is 38.1 Å². The molecule has 116 valence electrons. The first kappa shape index (κ1) is 15.9. The third-order valence-corrected chi connectivity index (χ3v) is 3.15. The van der Waals surface area contributed by atoms with Crippen LogP contribution in [0.15, 0.2) is 48.5 Å². The van der Waals surface area contributed by atoms with E-state index < -0.39 is 5.91 Å². The highest BCUT2D eigenvalue weighted by molar-refractivity contribution is 5.92. The minimum atomic E-state index is -0.414. The summed E-state index contributed by atoms with van der Waals surface area (Å²) in [5.41, 5.74) is 7.75. The number of nitrogens with two attached hydrogens (primary N) is 1. The number of benzene rings is 2. The van der Waals surface area contributed by atoms with Crippen molar-refractivity contribution in [3.05, 3.63) is 59.7 Å². The summed E-state index contributed by atoms with van der Waals surface area (Å²) in [5.74, 6) is 0.894. The van der Waals surface area contributed by atoms with Gasteiger partial charge in [-0.25, -0.2) is 0 Å². The second kappa shape index (κ2) is 7.50. The van der Waals surface area contributed by atoms with Gasteiger partial charge in [0.25, 0.3) is 0 Å². The van der Waals surface area contributed by atoms with E-state index >= 15 is 0 Å². The molecule has 2 aromatic carbocycles. The Bertz CT molecular complexity index is 638. The fourth-order valence-electron chi connectivity index (χ4n) is 2.03. The van der Waals surface area contributed by atoms with Crippen LogP contribution in [0.1, 0.15) is 29.8 Å². The van der Waals surface area contributed by atoms with Crippen molar-refractivity contribution in [2.75, 3.05) is 11.9 Å². The van der Waals surface area contributed by atoms with Gasteiger partial charge in [-0.15, -0.1) is 0 Å². The van der Waals surface area contributed by atoms with Gasteiger partial charge in [0.05, 0.1) is 12.3 Å². The summed E-state index contributed by atoms with van der Waals surface area (Å²) >= 11 is 0. The van der Waals surface area contributed by atoms with Gasteiger partial charge in [-0.3, -0.25) is 4.79 Å². The van der Waals surface area contributed by atoms with E-state index in [4.69, 9.17) is 10.5 Å². The zero-order valence-corrected chi connectivity index (χ0v) is 13.0. The first-order chi connectivity index (χ1) is 10.6. The molecule has 22 heavy (non-hydrogen) atoms. The lowest BCUT2D eigenvalue weighted by Gasteiger charge is -2.14. The average molecular weight is 298 g/mol. The van der Waals surface area contributed by atoms with Crippen molar-refractivity contribution in [1.82, 2.24) is 0 Å². The second-order valence-electron chi connectivity index (χ2n) is 5.62. The number of hydrogen-bond donors (Lipinski definition) is 2. The highest BCUT2D eigenvalue weighted by Crippen LogP contribution is 2.25. The Morgan fingerprint density at radius 2 is 1.95 bits per heavy atom. The Morgan fingerprint density at radius 3 is 2.68 bits per heavy atom. The summed E-state index contributed by atoms with van der Waals surface area (Å²) in [6, 6.07) is 15.1. The SMILES string of the molecule is CC(C)COc1ccccc1NCc1cccc(C(N)=O)c1. The fourth-order valence-corrected chi connectivity index (χ4v) is 2.03. The van der Waals surface area contributed by atoms with Gasteiger partial charge in [0.2, 0.25) is 5.91 Å². The summed E-state index contributed by atoms with van der Waals surface area (Å²) in [7, 11) is 0. The van der Waals surface area contributed by atoms with Crippen LogP contribution >= 0.6 is 0 Å². The molecular formula is C18H22N2O2. The topological polar surface area (TPSA) is 64.3 Å². The predicted octanol–water partition coefficient (Wildman–Crippen LogP) is 3.43.